The number of hydrogen-bond acceptors (Lipinski definition) is 4. The maximum absolute atomic E-state index is 10.6. The van der Waals surface area contributed by atoms with E-state index >= 15 is 0 Å². The van der Waals surface area contributed by atoms with Gasteiger partial charge in [0.2, 0.25) is 5.78 Å². The van der Waals surface area contributed by atoms with Crippen molar-refractivity contribution in [2.45, 2.75) is 34.1 Å². The number of fused-ring (bicyclic) bond motifs is 1. The maximum Gasteiger partial charge on any atom is 0.236 e. The van der Waals surface area contributed by atoms with Crippen LogP contribution >= 0.6 is 15.9 Å². The minimum atomic E-state index is 0.175. The molecule has 2 aromatic heterocycles. The highest BCUT2D eigenvalue weighted by Crippen LogP contribution is 2.39. The van der Waals surface area contributed by atoms with E-state index in [0.29, 0.717) is 17.0 Å². The van der Waals surface area contributed by atoms with Crippen LogP contribution in [-0.4, -0.2) is 19.5 Å². The van der Waals surface area contributed by atoms with Gasteiger partial charge in [0.1, 0.15) is 17.3 Å². The fourth-order valence-electron chi connectivity index (χ4n) is 3.70. The van der Waals surface area contributed by atoms with Gasteiger partial charge < -0.3 is 10.4 Å². The Bertz CT molecular complexity index is 1230. The van der Waals surface area contributed by atoms with E-state index in [4.69, 9.17) is 4.98 Å². The molecule has 2 N–H and O–H groups in total. The highest BCUT2D eigenvalue weighted by atomic mass is 79.9. The summed E-state index contributed by atoms with van der Waals surface area (Å²) in [7, 11) is 0. The molecule has 0 radical (unpaired) electrons. The number of para-hydroxylation sites is 1. The van der Waals surface area contributed by atoms with Gasteiger partial charge in [-0.05, 0) is 62.6 Å². The van der Waals surface area contributed by atoms with E-state index in [9.17, 15) is 5.11 Å². The zero-order valence-corrected chi connectivity index (χ0v) is 18.5. The summed E-state index contributed by atoms with van der Waals surface area (Å²) in [6.45, 7) is 8.24. The van der Waals surface area contributed by atoms with Crippen molar-refractivity contribution in [1.82, 2.24) is 14.4 Å². The van der Waals surface area contributed by atoms with Crippen molar-refractivity contribution in [2.75, 3.05) is 5.32 Å². The average Bonchev–Trinajstić information content (AvgIpc) is 3.03. The molecule has 0 spiro atoms. The zero-order valence-electron chi connectivity index (χ0n) is 16.9. The lowest BCUT2D eigenvalue weighted by atomic mass is 10.1. The Balaban J connectivity index is 2.03. The van der Waals surface area contributed by atoms with Crippen LogP contribution in [0.5, 0.6) is 5.75 Å². The molecule has 0 aliphatic carbocycles. The summed E-state index contributed by atoms with van der Waals surface area (Å²) in [6, 6.07) is 13.7. The second-order valence-electron chi connectivity index (χ2n) is 7.23. The van der Waals surface area contributed by atoms with Crippen LogP contribution in [0.2, 0.25) is 0 Å². The van der Waals surface area contributed by atoms with Crippen molar-refractivity contribution >= 4 is 33.2 Å². The van der Waals surface area contributed by atoms with Crippen molar-refractivity contribution in [3.8, 4) is 17.0 Å². The van der Waals surface area contributed by atoms with Gasteiger partial charge in [-0.2, -0.15) is 0 Å². The Morgan fingerprint density at radius 1 is 1.07 bits per heavy atom. The number of nitrogens with one attached hydrogen (secondary N) is 1. The van der Waals surface area contributed by atoms with Gasteiger partial charge in [0.25, 0.3) is 0 Å². The molecule has 4 rings (SSSR count). The molecule has 5 nitrogen and oxygen atoms in total. The molecular weight excluding hydrogens is 428 g/mol. The van der Waals surface area contributed by atoms with Crippen LogP contribution in [-0.2, 0) is 6.42 Å². The fraction of sp³-hybridized carbons (Fsp3) is 0.217. The third kappa shape index (κ3) is 3.49. The number of imidazole rings is 1. The van der Waals surface area contributed by atoms with Crippen molar-refractivity contribution in [2.24, 2.45) is 0 Å². The van der Waals surface area contributed by atoms with Crippen molar-refractivity contribution in [3.63, 3.8) is 0 Å². The standard InChI is InChI=1S/C23H23BrN4O/c1-5-16-8-6-7-13(2)20(16)26-22-21(18-12-17(24)9-10-19(18)29)27-23-25-14(3)11-15(4)28(22)23/h6-12,26,29H,5H2,1-4H3. The predicted octanol–water partition coefficient (Wildman–Crippen LogP) is 6.10. The van der Waals surface area contributed by atoms with Crippen LogP contribution in [0.4, 0.5) is 11.5 Å². The Kier molecular flexibility index (Phi) is 5.04. The third-order valence-electron chi connectivity index (χ3n) is 5.10. The quantitative estimate of drug-likeness (QED) is 0.394. The minimum absolute atomic E-state index is 0.175. The number of rotatable bonds is 4. The predicted molar refractivity (Wildman–Crippen MR) is 121 cm³/mol. The third-order valence-corrected chi connectivity index (χ3v) is 5.60. The molecule has 0 saturated heterocycles. The number of aromatic nitrogens is 3. The number of hydrogen-bond donors (Lipinski definition) is 2. The summed E-state index contributed by atoms with van der Waals surface area (Å²) in [5.74, 6) is 1.57. The molecule has 0 bridgehead atoms. The monoisotopic (exact) mass is 450 g/mol. The molecule has 0 aliphatic rings. The molecule has 0 amide bonds. The fourth-order valence-corrected chi connectivity index (χ4v) is 4.06. The Hall–Kier alpha value is -2.86. The molecular formula is C23H23BrN4O. The summed E-state index contributed by atoms with van der Waals surface area (Å²) >= 11 is 3.51. The second kappa shape index (κ2) is 7.52. The normalized spacial score (nSPS) is 11.2. The molecule has 2 heterocycles. The molecule has 0 unspecified atom stereocenters. The van der Waals surface area contributed by atoms with E-state index in [-0.39, 0.29) is 5.75 Å². The Morgan fingerprint density at radius 3 is 2.62 bits per heavy atom. The number of aromatic hydroxyl groups is 1. The zero-order chi connectivity index (χ0) is 20.7. The first-order chi connectivity index (χ1) is 13.9. The van der Waals surface area contributed by atoms with Crippen molar-refractivity contribution in [1.29, 1.82) is 0 Å². The molecule has 148 valence electrons. The van der Waals surface area contributed by atoms with Crippen LogP contribution in [0.15, 0.2) is 46.9 Å². The highest BCUT2D eigenvalue weighted by molar-refractivity contribution is 9.10. The first-order valence-electron chi connectivity index (χ1n) is 9.60. The largest absolute Gasteiger partial charge is 0.507 e. The number of aryl methyl sites for hydroxylation is 4. The van der Waals surface area contributed by atoms with Gasteiger partial charge in [0, 0.05) is 27.1 Å². The number of anilines is 2. The van der Waals surface area contributed by atoms with Gasteiger partial charge in [-0.1, -0.05) is 41.1 Å². The molecule has 0 aliphatic heterocycles. The number of phenols is 1. The Morgan fingerprint density at radius 2 is 1.86 bits per heavy atom. The topological polar surface area (TPSA) is 62.5 Å². The molecule has 0 fully saturated rings. The molecule has 2 aromatic carbocycles. The van der Waals surface area contributed by atoms with E-state index in [2.05, 4.69) is 58.3 Å². The molecule has 0 atom stereocenters. The summed E-state index contributed by atoms with van der Waals surface area (Å²) in [6.07, 6.45) is 0.911. The maximum atomic E-state index is 10.6. The number of phenolic OH excluding ortho intramolecular Hbond substituents is 1. The van der Waals surface area contributed by atoms with E-state index < -0.39 is 0 Å². The van der Waals surface area contributed by atoms with Gasteiger partial charge in [-0.15, -0.1) is 0 Å². The first kappa shape index (κ1) is 19.5. The summed E-state index contributed by atoms with van der Waals surface area (Å²) in [5.41, 5.74) is 6.68. The van der Waals surface area contributed by atoms with Gasteiger partial charge >= 0.3 is 0 Å². The van der Waals surface area contributed by atoms with Crippen LogP contribution in [0.25, 0.3) is 17.0 Å². The number of benzene rings is 2. The van der Waals surface area contributed by atoms with E-state index in [0.717, 1.165) is 39.4 Å². The minimum Gasteiger partial charge on any atom is -0.507 e. The SMILES string of the molecule is CCc1cccc(C)c1Nc1c(-c2cc(Br)ccc2O)nc2nc(C)cc(C)n12. The number of nitrogens with zero attached hydrogens (tertiary/aromatic N) is 3. The summed E-state index contributed by atoms with van der Waals surface area (Å²) in [4.78, 5) is 9.42. The Labute approximate surface area is 178 Å². The van der Waals surface area contributed by atoms with Crippen LogP contribution in [0.1, 0.15) is 29.4 Å². The lowest BCUT2D eigenvalue weighted by molar-refractivity contribution is 0.477. The van der Waals surface area contributed by atoms with Crippen LogP contribution in [0.3, 0.4) is 0 Å². The lowest BCUT2D eigenvalue weighted by Crippen LogP contribution is -2.04. The van der Waals surface area contributed by atoms with Crippen molar-refractivity contribution < 1.29 is 5.11 Å². The van der Waals surface area contributed by atoms with Crippen molar-refractivity contribution in [3.05, 3.63) is 69.5 Å². The summed E-state index contributed by atoms with van der Waals surface area (Å²) < 4.78 is 2.88. The van der Waals surface area contributed by atoms with Gasteiger partial charge in [0.05, 0.1) is 0 Å². The van der Waals surface area contributed by atoms with E-state index in [1.165, 1.54) is 5.56 Å². The van der Waals surface area contributed by atoms with Gasteiger partial charge in [-0.3, -0.25) is 4.40 Å². The van der Waals surface area contributed by atoms with E-state index in [1.54, 1.807) is 6.07 Å². The lowest BCUT2D eigenvalue weighted by Gasteiger charge is -2.16. The average molecular weight is 451 g/mol. The molecule has 29 heavy (non-hydrogen) atoms. The summed E-state index contributed by atoms with van der Waals surface area (Å²) in [5, 5.41) is 14.2. The van der Waals surface area contributed by atoms with Gasteiger partial charge in [-0.25, -0.2) is 9.97 Å². The van der Waals surface area contributed by atoms with Crippen LogP contribution < -0.4 is 5.32 Å². The van der Waals surface area contributed by atoms with Gasteiger partial charge in [0.15, 0.2) is 0 Å². The molecule has 6 heteroatoms. The molecule has 4 aromatic rings. The smallest absolute Gasteiger partial charge is 0.236 e. The second-order valence-corrected chi connectivity index (χ2v) is 8.15. The molecule has 0 saturated carbocycles. The first-order valence-corrected chi connectivity index (χ1v) is 10.4. The highest BCUT2D eigenvalue weighted by Gasteiger charge is 2.21. The number of halogens is 1. The van der Waals surface area contributed by atoms with Crippen LogP contribution in [0, 0.1) is 20.8 Å². The van der Waals surface area contributed by atoms with E-state index in [1.807, 2.05) is 36.4 Å².